The molecule has 11 nitrogen and oxygen atoms in total. The number of carbonyl (C=O) groups excluding carboxylic acids is 1. The number of aromatic nitrogens is 4. The van der Waals surface area contributed by atoms with Crippen LogP contribution in [-0.4, -0.2) is 55.1 Å². The summed E-state index contributed by atoms with van der Waals surface area (Å²) >= 11 is 0. The van der Waals surface area contributed by atoms with Crippen LogP contribution in [0.4, 0.5) is 10.7 Å². The van der Waals surface area contributed by atoms with Gasteiger partial charge in [-0.25, -0.2) is 9.78 Å². The van der Waals surface area contributed by atoms with Crippen LogP contribution in [0.2, 0.25) is 0 Å². The third-order valence-electron chi connectivity index (χ3n) is 3.76. The zero-order valence-corrected chi connectivity index (χ0v) is 14.7. The van der Waals surface area contributed by atoms with Crippen LogP contribution in [0.5, 0.6) is 0 Å². The predicted molar refractivity (Wildman–Crippen MR) is 97.4 cm³/mol. The number of benzene rings is 1. The predicted octanol–water partition coefficient (Wildman–Crippen LogP) is 0.196. The minimum absolute atomic E-state index is 0.0522. The van der Waals surface area contributed by atoms with Gasteiger partial charge in [0.1, 0.15) is 19.4 Å². The summed E-state index contributed by atoms with van der Waals surface area (Å²) in [5.41, 5.74) is 0.475. The molecule has 0 spiro atoms. The topological polar surface area (TPSA) is 152 Å². The van der Waals surface area contributed by atoms with E-state index in [1.165, 1.54) is 10.9 Å². The number of nitrogens with zero attached hydrogens (tertiary/aromatic N) is 3. The molecular weight excluding hydrogens is 370 g/mol. The Hall–Kier alpha value is -3.28. The summed E-state index contributed by atoms with van der Waals surface area (Å²) in [5.74, 6) is -0.113. The van der Waals surface area contributed by atoms with Crippen molar-refractivity contribution in [2.24, 2.45) is 0 Å². The molecule has 0 saturated carbocycles. The van der Waals surface area contributed by atoms with Crippen LogP contribution in [0.25, 0.3) is 11.2 Å². The van der Waals surface area contributed by atoms with Crippen LogP contribution < -0.4 is 10.9 Å². The number of aromatic amines is 1. The number of imidazole rings is 1. The van der Waals surface area contributed by atoms with Crippen LogP contribution in [0.1, 0.15) is 5.56 Å². The van der Waals surface area contributed by atoms with Crippen LogP contribution >= 0.6 is 0 Å². The fraction of sp³-hybridized carbons (Fsp3) is 0.294. The van der Waals surface area contributed by atoms with Crippen molar-refractivity contribution in [3.63, 3.8) is 0 Å². The summed E-state index contributed by atoms with van der Waals surface area (Å²) in [7, 11) is 0. The van der Waals surface area contributed by atoms with Gasteiger partial charge in [-0.1, -0.05) is 30.3 Å². The van der Waals surface area contributed by atoms with E-state index in [0.717, 1.165) is 5.56 Å². The zero-order chi connectivity index (χ0) is 19.9. The van der Waals surface area contributed by atoms with Crippen LogP contribution in [0, 0.1) is 0 Å². The van der Waals surface area contributed by atoms with Crippen molar-refractivity contribution in [3.8, 4) is 0 Å². The molecule has 148 valence electrons. The van der Waals surface area contributed by atoms with E-state index in [1.54, 1.807) is 0 Å². The molecule has 3 aromatic rings. The number of anilines is 1. The SMILES string of the molecule is O=C(Nc1nc2c(ncn2COC(CO)CO)c(=O)[nH]1)OCc1ccccc1. The van der Waals surface area contributed by atoms with Gasteiger partial charge in [0.15, 0.2) is 11.2 Å². The number of nitrogens with one attached hydrogen (secondary N) is 2. The van der Waals surface area contributed by atoms with E-state index in [-0.39, 0.29) is 43.7 Å². The first-order valence-electron chi connectivity index (χ1n) is 8.37. The monoisotopic (exact) mass is 389 g/mol. The van der Waals surface area contributed by atoms with Gasteiger partial charge in [-0.3, -0.25) is 19.7 Å². The van der Waals surface area contributed by atoms with Gasteiger partial charge >= 0.3 is 6.09 Å². The molecule has 2 aromatic heterocycles. The first-order valence-corrected chi connectivity index (χ1v) is 8.37. The van der Waals surface area contributed by atoms with Crippen molar-refractivity contribution in [1.29, 1.82) is 0 Å². The van der Waals surface area contributed by atoms with E-state index < -0.39 is 17.8 Å². The van der Waals surface area contributed by atoms with Crippen molar-refractivity contribution < 1.29 is 24.5 Å². The largest absolute Gasteiger partial charge is 0.444 e. The van der Waals surface area contributed by atoms with E-state index in [4.69, 9.17) is 19.7 Å². The summed E-state index contributed by atoms with van der Waals surface area (Å²) in [5, 5.41) is 20.5. The number of fused-ring (bicyclic) bond motifs is 1. The number of aliphatic hydroxyl groups is 2. The minimum Gasteiger partial charge on any atom is -0.444 e. The maximum absolute atomic E-state index is 12.1. The van der Waals surface area contributed by atoms with Gasteiger partial charge in [-0.15, -0.1) is 0 Å². The summed E-state index contributed by atoms with van der Waals surface area (Å²) in [6, 6.07) is 9.12. The van der Waals surface area contributed by atoms with Crippen LogP contribution in [0.3, 0.4) is 0 Å². The van der Waals surface area contributed by atoms with Crippen molar-refractivity contribution in [2.45, 2.75) is 19.4 Å². The highest BCUT2D eigenvalue weighted by Gasteiger charge is 2.14. The molecule has 11 heteroatoms. The molecule has 4 N–H and O–H groups in total. The van der Waals surface area contributed by atoms with Gasteiger partial charge in [0.05, 0.1) is 19.5 Å². The highest BCUT2D eigenvalue weighted by Crippen LogP contribution is 2.09. The molecule has 1 aromatic carbocycles. The molecule has 0 aliphatic heterocycles. The van der Waals surface area contributed by atoms with E-state index in [1.807, 2.05) is 30.3 Å². The molecule has 0 unspecified atom stereocenters. The van der Waals surface area contributed by atoms with Crippen LogP contribution in [-0.2, 0) is 22.8 Å². The minimum atomic E-state index is -0.783. The maximum atomic E-state index is 12.1. The van der Waals surface area contributed by atoms with Crippen molar-refractivity contribution >= 4 is 23.2 Å². The lowest BCUT2D eigenvalue weighted by Crippen LogP contribution is -2.23. The number of carbonyl (C=O) groups is 1. The number of hydrogen-bond donors (Lipinski definition) is 4. The third-order valence-corrected chi connectivity index (χ3v) is 3.76. The lowest BCUT2D eigenvalue weighted by molar-refractivity contribution is -0.0488. The number of H-pyrrole nitrogens is 1. The molecule has 3 rings (SSSR count). The van der Waals surface area contributed by atoms with E-state index in [0.29, 0.717) is 0 Å². The summed E-state index contributed by atoms with van der Waals surface area (Å²) < 4.78 is 11.8. The number of aliphatic hydroxyl groups excluding tert-OH is 2. The highest BCUT2D eigenvalue weighted by atomic mass is 16.5. The Balaban J connectivity index is 1.70. The molecular formula is C17H19N5O6. The summed E-state index contributed by atoms with van der Waals surface area (Å²) in [6.45, 7) is -0.764. The first kappa shape index (κ1) is 19.5. The Morgan fingerprint density at radius 3 is 2.71 bits per heavy atom. The van der Waals surface area contributed by atoms with Crippen LogP contribution in [0.15, 0.2) is 41.5 Å². The Bertz CT molecular complexity index is 983. The highest BCUT2D eigenvalue weighted by molar-refractivity contribution is 5.83. The maximum Gasteiger partial charge on any atom is 0.414 e. The number of ether oxygens (including phenoxy) is 2. The average Bonchev–Trinajstić information content (AvgIpc) is 3.11. The normalized spacial score (nSPS) is 11.1. The first-order chi connectivity index (χ1) is 13.6. The number of hydrogen-bond acceptors (Lipinski definition) is 8. The third kappa shape index (κ3) is 4.71. The summed E-state index contributed by atoms with van der Waals surface area (Å²) in [4.78, 5) is 34.6. The second-order valence-corrected chi connectivity index (χ2v) is 5.77. The van der Waals surface area contributed by atoms with Crippen molar-refractivity contribution in [3.05, 3.63) is 52.6 Å². The Morgan fingerprint density at radius 1 is 1.25 bits per heavy atom. The lowest BCUT2D eigenvalue weighted by Gasteiger charge is -2.13. The molecule has 0 fully saturated rings. The second kappa shape index (κ2) is 9.08. The molecule has 1 amide bonds. The van der Waals surface area contributed by atoms with Gasteiger partial charge in [-0.2, -0.15) is 4.98 Å². The molecule has 2 heterocycles. The molecule has 0 atom stereocenters. The second-order valence-electron chi connectivity index (χ2n) is 5.77. The standard InChI is InChI=1S/C17H19N5O6/c23-6-12(7-24)28-10-22-9-18-13-14(22)19-16(20-15(13)25)21-17(26)27-8-11-4-2-1-3-5-11/h1-5,9,12,23-24H,6-8,10H2,(H2,19,20,21,25,26). The molecule has 0 aliphatic rings. The smallest absolute Gasteiger partial charge is 0.414 e. The van der Waals surface area contributed by atoms with E-state index in [2.05, 4.69) is 20.3 Å². The summed E-state index contributed by atoms with van der Waals surface area (Å²) in [6.07, 6.45) is -0.227. The van der Waals surface area contributed by atoms with Crippen molar-refractivity contribution in [2.75, 3.05) is 18.5 Å². The van der Waals surface area contributed by atoms with E-state index >= 15 is 0 Å². The Morgan fingerprint density at radius 2 is 2.00 bits per heavy atom. The van der Waals surface area contributed by atoms with Gasteiger partial charge in [0, 0.05) is 0 Å². The fourth-order valence-electron chi connectivity index (χ4n) is 2.31. The number of rotatable bonds is 8. The van der Waals surface area contributed by atoms with Gasteiger partial charge in [-0.05, 0) is 5.56 Å². The van der Waals surface area contributed by atoms with Gasteiger partial charge < -0.3 is 19.7 Å². The number of amides is 1. The molecule has 0 saturated heterocycles. The zero-order valence-electron chi connectivity index (χ0n) is 14.7. The Labute approximate surface area is 158 Å². The van der Waals surface area contributed by atoms with Gasteiger partial charge in [0.2, 0.25) is 5.95 Å². The quantitative estimate of drug-likeness (QED) is 0.426. The lowest BCUT2D eigenvalue weighted by atomic mass is 10.2. The Kier molecular flexibility index (Phi) is 6.32. The van der Waals surface area contributed by atoms with E-state index in [9.17, 15) is 9.59 Å². The molecule has 0 bridgehead atoms. The van der Waals surface area contributed by atoms with Gasteiger partial charge in [0.25, 0.3) is 5.56 Å². The fourth-order valence-corrected chi connectivity index (χ4v) is 2.31. The van der Waals surface area contributed by atoms with Crippen molar-refractivity contribution in [1.82, 2.24) is 19.5 Å². The molecule has 0 radical (unpaired) electrons. The average molecular weight is 389 g/mol. The molecule has 0 aliphatic carbocycles. The molecule has 28 heavy (non-hydrogen) atoms.